The lowest BCUT2D eigenvalue weighted by Crippen LogP contribution is -2.26. The second-order valence-electron chi connectivity index (χ2n) is 4.17. The number of anilines is 1. The maximum absolute atomic E-state index is 12.2. The summed E-state index contributed by atoms with van der Waals surface area (Å²) in [5.74, 6) is 0.728. The number of nitrogen functional groups attached to an aromatic ring is 1. The minimum Gasteiger partial charge on any atom is -0.492 e. The van der Waals surface area contributed by atoms with Gasteiger partial charge in [0.05, 0.1) is 6.61 Å². The Morgan fingerprint density at radius 3 is 2.70 bits per heavy atom. The van der Waals surface area contributed by atoms with Crippen LogP contribution >= 0.6 is 0 Å². The maximum Gasteiger partial charge on any atom is 0.244 e. The van der Waals surface area contributed by atoms with Gasteiger partial charge in [0.2, 0.25) is 10.0 Å². The van der Waals surface area contributed by atoms with Crippen LogP contribution in [0.4, 0.5) is 5.69 Å². The van der Waals surface area contributed by atoms with Crippen LogP contribution in [-0.2, 0) is 20.8 Å². The van der Waals surface area contributed by atoms with Crippen molar-refractivity contribution in [3.63, 3.8) is 0 Å². The van der Waals surface area contributed by atoms with Crippen LogP contribution in [0.3, 0.4) is 0 Å². The molecule has 0 bridgehead atoms. The van der Waals surface area contributed by atoms with Gasteiger partial charge in [-0.1, -0.05) is 0 Å². The van der Waals surface area contributed by atoms with Gasteiger partial charge in [0.15, 0.2) is 0 Å². The van der Waals surface area contributed by atoms with Crippen molar-refractivity contribution in [3.05, 3.63) is 18.2 Å². The summed E-state index contributed by atoms with van der Waals surface area (Å²) < 4.78 is 43.1. The summed E-state index contributed by atoms with van der Waals surface area (Å²) in [4.78, 5) is 0.0250. The van der Waals surface area contributed by atoms with E-state index < -0.39 is 20.8 Å². The van der Waals surface area contributed by atoms with Gasteiger partial charge in [0.25, 0.3) is 0 Å². The Hall–Kier alpha value is -1.12. The Morgan fingerprint density at radius 1 is 1.40 bits per heavy atom. The third-order valence-corrected chi connectivity index (χ3v) is 4.80. The van der Waals surface area contributed by atoms with E-state index in [-0.39, 0.29) is 17.2 Å². The van der Waals surface area contributed by atoms with Crippen molar-refractivity contribution < 1.29 is 17.4 Å². The topological polar surface area (TPSA) is 98.5 Å². The third-order valence-electron chi connectivity index (χ3n) is 2.46. The second-order valence-corrected chi connectivity index (χ2v) is 7.46. The van der Waals surface area contributed by atoms with E-state index in [0.29, 0.717) is 24.5 Å². The average Bonchev–Trinajstić information content (AvgIpc) is 2.37. The highest BCUT2D eigenvalue weighted by Crippen LogP contribution is 2.26. The quantitative estimate of drug-likeness (QED) is 0.543. The lowest BCUT2D eigenvalue weighted by atomic mass is 10.3. The lowest BCUT2D eigenvalue weighted by Gasteiger charge is -2.12. The predicted molar refractivity (Wildman–Crippen MR) is 80.8 cm³/mol. The Kier molecular flexibility index (Phi) is 6.44. The molecule has 0 radical (unpaired) electrons. The van der Waals surface area contributed by atoms with Crippen LogP contribution in [0.25, 0.3) is 0 Å². The van der Waals surface area contributed by atoms with Gasteiger partial charge in [0, 0.05) is 35.0 Å². The number of nitrogens with two attached hydrogens (primary N) is 1. The molecule has 0 saturated heterocycles. The average molecular weight is 320 g/mol. The van der Waals surface area contributed by atoms with E-state index in [9.17, 15) is 12.6 Å². The van der Waals surface area contributed by atoms with Crippen molar-refractivity contribution in [2.24, 2.45) is 0 Å². The SMILES string of the molecule is CCOc1ccc(N)cc1S(=O)(=O)NCCCS(C)=O. The molecule has 1 atom stereocenters. The zero-order valence-electron chi connectivity index (χ0n) is 11.6. The fraction of sp³-hybridized carbons (Fsp3) is 0.500. The molecular weight excluding hydrogens is 300 g/mol. The molecule has 8 heteroatoms. The van der Waals surface area contributed by atoms with Crippen LogP contribution in [0.1, 0.15) is 13.3 Å². The van der Waals surface area contributed by atoms with Crippen molar-refractivity contribution in [1.29, 1.82) is 0 Å². The van der Waals surface area contributed by atoms with Crippen molar-refractivity contribution in [2.45, 2.75) is 18.2 Å². The zero-order chi connectivity index (χ0) is 15.2. The van der Waals surface area contributed by atoms with E-state index >= 15 is 0 Å². The summed E-state index contributed by atoms with van der Waals surface area (Å²) in [5.41, 5.74) is 5.98. The van der Waals surface area contributed by atoms with Gasteiger partial charge in [-0.3, -0.25) is 4.21 Å². The molecule has 0 fully saturated rings. The summed E-state index contributed by atoms with van der Waals surface area (Å²) in [7, 11) is -4.62. The van der Waals surface area contributed by atoms with E-state index in [0.717, 1.165) is 0 Å². The lowest BCUT2D eigenvalue weighted by molar-refractivity contribution is 0.331. The molecular formula is C12H20N2O4S2. The Morgan fingerprint density at radius 2 is 2.10 bits per heavy atom. The molecule has 114 valence electrons. The number of rotatable bonds is 8. The highest BCUT2D eigenvalue weighted by molar-refractivity contribution is 7.89. The number of hydrogen-bond donors (Lipinski definition) is 2. The molecule has 1 unspecified atom stereocenters. The minimum absolute atomic E-state index is 0.0250. The first kappa shape index (κ1) is 16.9. The smallest absolute Gasteiger partial charge is 0.244 e. The molecule has 6 nitrogen and oxygen atoms in total. The fourth-order valence-electron chi connectivity index (χ4n) is 1.57. The standard InChI is InChI=1S/C12H20N2O4S2/c1-3-18-11-6-5-10(13)9-12(11)20(16,17)14-7-4-8-19(2)15/h5-6,9,14H,3-4,7-8,13H2,1-2H3. The molecule has 0 aliphatic rings. The maximum atomic E-state index is 12.2. The highest BCUT2D eigenvalue weighted by atomic mass is 32.2. The van der Waals surface area contributed by atoms with Crippen LogP contribution in [0.5, 0.6) is 5.75 Å². The second kappa shape index (κ2) is 7.61. The largest absolute Gasteiger partial charge is 0.492 e. The van der Waals surface area contributed by atoms with Gasteiger partial charge in [-0.15, -0.1) is 0 Å². The molecule has 0 aliphatic carbocycles. The zero-order valence-corrected chi connectivity index (χ0v) is 13.2. The molecule has 0 spiro atoms. The molecule has 1 aromatic rings. The molecule has 0 amide bonds. The highest BCUT2D eigenvalue weighted by Gasteiger charge is 2.19. The van der Waals surface area contributed by atoms with Gasteiger partial charge in [0.1, 0.15) is 10.6 Å². The first-order chi connectivity index (χ1) is 9.36. The van der Waals surface area contributed by atoms with E-state index in [2.05, 4.69) is 4.72 Å². The summed E-state index contributed by atoms with van der Waals surface area (Å²) in [6.07, 6.45) is 2.09. The summed E-state index contributed by atoms with van der Waals surface area (Å²) >= 11 is 0. The van der Waals surface area contributed by atoms with Crippen LogP contribution in [0.15, 0.2) is 23.1 Å². The number of hydrogen-bond acceptors (Lipinski definition) is 5. The Bertz CT molecular complexity index is 573. The predicted octanol–water partition coefficient (Wildman–Crippen LogP) is 0.714. The Balaban J connectivity index is 2.85. The van der Waals surface area contributed by atoms with Crippen molar-refractivity contribution in [3.8, 4) is 5.75 Å². The number of sulfonamides is 1. The first-order valence-electron chi connectivity index (χ1n) is 6.19. The molecule has 1 rings (SSSR count). The molecule has 0 saturated carbocycles. The van der Waals surface area contributed by atoms with Gasteiger partial charge in [-0.25, -0.2) is 13.1 Å². The summed E-state index contributed by atoms with van der Waals surface area (Å²) in [5, 5.41) is 0. The van der Waals surface area contributed by atoms with E-state index in [1.165, 1.54) is 12.1 Å². The van der Waals surface area contributed by atoms with Crippen LogP contribution in [-0.4, -0.2) is 37.8 Å². The summed E-state index contributed by atoms with van der Waals surface area (Å²) in [6.45, 7) is 2.36. The Labute approximate surface area is 122 Å². The molecule has 1 aromatic carbocycles. The van der Waals surface area contributed by atoms with Gasteiger partial charge in [-0.05, 0) is 31.5 Å². The molecule has 3 N–H and O–H groups in total. The van der Waals surface area contributed by atoms with Crippen LogP contribution in [0.2, 0.25) is 0 Å². The van der Waals surface area contributed by atoms with E-state index in [1.54, 1.807) is 19.2 Å². The van der Waals surface area contributed by atoms with Crippen molar-refractivity contribution >= 4 is 26.5 Å². The molecule has 0 heterocycles. The van der Waals surface area contributed by atoms with Crippen molar-refractivity contribution in [2.75, 3.05) is 30.9 Å². The summed E-state index contributed by atoms with van der Waals surface area (Å²) in [6, 6.07) is 4.49. The first-order valence-corrected chi connectivity index (χ1v) is 9.40. The monoisotopic (exact) mass is 320 g/mol. The van der Waals surface area contributed by atoms with Crippen LogP contribution in [0, 0.1) is 0 Å². The minimum atomic E-state index is -3.69. The van der Waals surface area contributed by atoms with Crippen LogP contribution < -0.4 is 15.2 Å². The third kappa shape index (κ3) is 5.10. The van der Waals surface area contributed by atoms with E-state index in [1.807, 2.05) is 0 Å². The van der Waals surface area contributed by atoms with Gasteiger partial charge in [-0.2, -0.15) is 0 Å². The van der Waals surface area contributed by atoms with Crippen molar-refractivity contribution in [1.82, 2.24) is 4.72 Å². The number of nitrogens with one attached hydrogen (secondary N) is 1. The van der Waals surface area contributed by atoms with E-state index in [4.69, 9.17) is 10.5 Å². The molecule has 0 aliphatic heterocycles. The normalized spacial score (nSPS) is 13.1. The molecule has 20 heavy (non-hydrogen) atoms. The number of ether oxygens (including phenoxy) is 1. The number of benzene rings is 1. The molecule has 0 aromatic heterocycles. The fourth-order valence-corrected chi connectivity index (χ4v) is 3.37. The van der Waals surface area contributed by atoms with Gasteiger partial charge >= 0.3 is 0 Å². The van der Waals surface area contributed by atoms with Gasteiger partial charge < -0.3 is 10.5 Å².